The van der Waals surface area contributed by atoms with Gasteiger partial charge in [-0.1, -0.05) is 6.07 Å². The van der Waals surface area contributed by atoms with Gasteiger partial charge in [-0.15, -0.1) is 11.6 Å². The van der Waals surface area contributed by atoms with Crippen LogP contribution in [-0.2, 0) is 0 Å². The first-order chi connectivity index (χ1) is 6.65. The maximum absolute atomic E-state index is 9.64. The standard InChI is InChI=1S/C10H14ClNO2/c1-7-2-3-8(12-6-7)10(14)9(13)4-5-11/h2-3,6,9-10,13-14H,4-5H2,1H3. The van der Waals surface area contributed by atoms with Gasteiger partial charge in [0.2, 0.25) is 0 Å². The van der Waals surface area contributed by atoms with E-state index in [4.69, 9.17) is 11.6 Å². The Morgan fingerprint density at radius 3 is 2.64 bits per heavy atom. The number of aliphatic hydroxyl groups excluding tert-OH is 2. The number of rotatable bonds is 4. The lowest BCUT2D eigenvalue weighted by atomic mass is 10.1. The van der Waals surface area contributed by atoms with E-state index in [1.807, 2.05) is 13.0 Å². The van der Waals surface area contributed by atoms with Gasteiger partial charge in [-0.2, -0.15) is 0 Å². The van der Waals surface area contributed by atoms with Gasteiger partial charge < -0.3 is 10.2 Å². The SMILES string of the molecule is Cc1ccc(C(O)C(O)CCCl)nc1. The van der Waals surface area contributed by atoms with Crippen LogP contribution in [0.25, 0.3) is 0 Å². The number of alkyl halides is 1. The van der Waals surface area contributed by atoms with Crippen molar-refractivity contribution in [2.75, 3.05) is 5.88 Å². The molecule has 3 nitrogen and oxygen atoms in total. The molecule has 1 aromatic rings. The molecule has 2 unspecified atom stereocenters. The van der Waals surface area contributed by atoms with Crippen molar-refractivity contribution in [2.45, 2.75) is 25.6 Å². The number of hydrogen-bond acceptors (Lipinski definition) is 3. The molecule has 2 N–H and O–H groups in total. The highest BCUT2D eigenvalue weighted by molar-refractivity contribution is 6.17. The lowest BCUT2D eigenvalue weighted by Gasteiger charge is -2.16. The van der Waals surface area contributed by atoms with Crippen LogP contribution < -0.4 is 0 Å². The van der Waals surface area contributed by atoms with Crippen LogP contribution in [0.4, 0.5) is 0 Å². The number of aliphatic hydroxyl groups is 2. The summed E-state index contributed by atoms with van der Waals surface area (Å²) < 4.78 is 0. The third kappa shape index (κ3) is 2.94. The lowest BCUT2D eigenvalue weighted by molar-refractivity contribution is 0.0144. The molecular formula is C10H14ClNO2. The zero-order valence-electron chi connectivity index (χ0n) is 8.02. The molecule has 0 aromatic carbocycles. The minimum absolute atomic E-state index is 0.324. The summed E-state index contributed by atoms with van der Waals surface area (Å²) in [4.78, 5) is 4.03. The minimum atomic E-state index is -0.950. The average Bonchev–Trinajstić information content (AvgIpc) is 2.18. The molecule has 0 saturated heterocycles. The Balaban J connectivity index is 2.68. The normalized spacial score (nSPS) is 15.1. The fourth-order valence-electron chi connectivity index (χ4n) is 1.12. The second-order valence-corrected chi connectivity index (χ2v) is 3.63. The third-order valence-electron chi connectivity index (χ3n) is 2.01. The fraction of sp³-hybridized carbons (Fsp3) is 0.500. The van der Waals surface area contributed by atoms with Crippen LogP contribution in [0.2, 0.25) is 0 Å². The van der Waals surface area contributed by atoms with Crippen LogP contribution in [0.5, 0.6) is 0 Å². The smallest absolute Gasteiger partial charge is 0.122 e. The van der Waals surface area contributed by atoms with E-state index in [1.165, 1.54) is 0 Å². The van der Waals surface area contributed by atoms with E-state index in [2.05, 4.69) is 4.98 Å². The first-order valence-electron chi connectivity index (χ1n) is 4.50. The summed E-state index contributed by atoms with van der Waals surface area (Å²) in [5.74, 6) is 0.324. The van der Waals surface area contributed by atoms with Crippen molar-refractivity contribution < 1.29 is 10.2 Å². The molecular weight excluding hydrogens is 202 g/mol. The number of aryl methyl sites for hydroxylation is 1. The molecule has 0 fully saturated rings. The molecule has 0 amide bonds. The number of hydrogen-bond donors (Lipinski definition) is 2. The van der Waals surface area contributed by atoms with Gasteiger partial charge in [-0.25, -0.2) is 0 Å². The predicted octanol–water partition coefficient (Wildman–Crippen LogP) is 1.41. The second-order valence-electron chi connectivity index (χ2n) is 3.25. The highest BCUT2D eigenvalue weighted by Gasteiger charge is 2.18. The van der Waals surface area contributed by atoms with E-state index in [-0.39, 0.29) is 0 Å². The van der Waals surface area contributed by atoms with Gasteiger partial charge in [-0.3, -0.25) is 4.98 Å². The van der Waals surface area contributed by atoms with Crippen molar-refractivity contribution in [3.05, 3.63) is 29.6 Å². The van der Waals surface area contributed by atoms with E-state index in [1.54, 1.807) is 12.3 Å². The van der Waals surface area contributed by atoms with Crippen molar-refractivity contribution in [1.29, 1.82) is 0 Å². The van der Waals surface area contributed by atoms with Crippen LogP contribution >= 0.6 is 11.6 Å². The number of halogens is 1. The molecule has 78 valence electrons. The number of pyridine rings is 1. The monoisotopic (exact) mass is 215 g/mol. The fourth-order valence-corrected chi connectivity index (χ4v) is 1.34. The minimum Gasteiger partial charge on any atom is -0.390 e. The van der Waals surface area contributed by atoms with Gasteiger partial charge in [-0.05, 0) is 25.0 Å². The summed E-state index contributed by atoms with van der Waals surface area (Å²) in [6, 6.07) is 3.55. The Bertz CT molecular complexity index is 276. The van der Waals surface area contributed by atoms with E-state index in [9.17, 15) is 10.2 Å². The zero-order chi connectivity index (χ0) is 10.6. The maximum Gasteiger partial charge on any atom is 0.122 e. The summed E-state index contributed by atoms with van der Waals surface area (Å²) in [6.07, 6.45) is 0.224. The van der Waals surface area contributed by atoms with Crippen molar-refractivity contribution in [3.63, 3.8) is 0 Å². The third-order valence-corrected chi connectivity index (χ3v) is 2.22. The second kappa shape index (κ2) is 5.29. The molecule has 0 radical (unpaired) electrons. The number of nitrogens with zero attached hydrogens (tertiary/aromatic N) is 1. The van der Waals surface area contributed by atoms with Crippen LogP contribution in [0.1, 0.15) is 23.8 Å². The Labute approximate surface area is 88.4 Å². The largest absolute Gasteiger partial charge is 0.390 e. The van der Waals surface area contributed by atoms with Gasteiger partial charge in [0.1, 0.15) is 6.10 Å². The van der Waals surface area contributed by atoms with Crippen molar-refractivity contribution in [2.24, 2.45) is 0 Å². The molecule has 1 rings (SSSR count). The number of aromatic nitrogens is 1. The highest BCUT2D eigenvalue weighted by atomic mass is 35.5. The summed E-state index contributed by atoms with van der Waals surface area (Å²) in [7, 11) is 0. The summed E-state index contributed by atoms with van der Waals surface area (Å²) >= 11 is 5.46. The maximum atomic E-state index is 9.64. The average molecular weight is 216 g/mol. The van der Waals surface area contributed by atoms with Crippen molar-refractivity contribution >= 4 is 11.6 Å². The van der Waals surface area contributed by atoms with Crippen LogP contribution in [-0.4, -0.2) is 27.2 Å². The quantitative estimate of drug-likeness (QED) is 0.747. The van der Waals surface area contributed by atoms with Gasteiger partial charge in [0.25, 0.3) is 0 Å². The van der Waals surface area contributed by atoms with E-state index >= 15 is 0 Å². The molecule has 0 aliphatic rings. The van der Waals surface area contributed by atoms with Gasteiger partial charge in [0.15, 0.2) is 0 Å². The summed E-state index contributed by atoms with van der Waals surface area (Å²) in [5.41, 5.74) is 1.50. The highest BCUT2D eigenvalue weighted by Crippen LogP contribution is 2.17. The molecule has 0 bridgehead atoms. The molecule has 0 spiro atoms. The molecule has 0 aliphatic heterocycles. The van der Waals surface area contributed by atoms with E-state index in [0.29, 0.717) is 18.0 Å². The first-order valence-corrected chi connectivity index (χ1v) is 5.03. The van der Waals surface area contributed by atoms with Gasteiger partial charge in [0, 0.05) is 12.1 Å². The molecule has 1 heterocycles. The van der Waals surface area contributed by atoms with Crippen LogP contribution in [0.3, 0.4) is 0 Å². The van der Waals surface area contributed by atoms with E-state index in [0.717, 1.165) is 5.56 Å². The Kier molecular flexibility index (Phi) is 4.32. The Morgan fingerprint density at radius 1 is 1.43 bits per heavy atom. The molecule has 4 heteroatoms. The van der Waals surface area contributed by atoms with Crippen molar-refractivity contribution in [1.82, 2.24) is 4.98 Å². The summed E-state index contributed by atoms with van der Waals surface area (Å²) in [6.45, 7) is 1.92. The molecule has 14 heavy (non-hydrogen) atoms. The summed E-state index contributed by atoms with van der Waals surface area (Å²) in [5, 5.41) is 19.1. The molecule has 2 atom stereocenters. The van der Waals surface area contributed by atoms with Crippen molar-refractivity contribution in [3.8, 4) is 0 Å². The molecule has 1 aromatic heterocycles. The first kappa shape index (κ1) is 11.4. The Morgan fingerprint density at radius 2 is 2.14 bits per heavy atom. The molecule has 0 saturated carbocycles. The topological polar surface area (TPSA) is 53.4 Å². The lowest BCUT2D eigenvalue weighted by Crippen LogP contribution is -2.19. The van der Waals surface area contributed by atoms with Crippen LogP contribution in [0, 0.1) is 6.92 Å². The van der Waals surface area contributed by atoms with Gasteiger partial charge >= 0.3 is 0 Å². The Hall–Kier alpha value is -0.640. The van der Waals surface area contributed by atoms with Crippen LogP contribution in [0.15, 0.2) is 18.3 Å². The molecule has 0 aliphatic carbocycles. The predicted molar refractivity (Wildman–Crippen MR) is 55.3 cm³/mol. The van der Waals surface area contributed by atoms with E-state index < -0.39 is 12.2 Å². The van der Waals surface area contributed by atoms with Gasteiger partial charge in [0.05, 0.1) is 11.8 Å². The zero-order valence-corrected chi connectivity index (χ0v) is 8.78.